The normalized spacial score (nSPS) is 11.9. The van der Waals surface area contributed by atoms with Crippen LogP contribution in [0.2, 0.25) is 0 Å². The van der Waals surface area contributed by atoms with Gasteiger partial charge in [0.15, 0.2) is 11.6 Å². The minimum Gasteiger partial charge on any atom is -0.253 e. The minimum atomic E-state index is -4.39. The molecule has 1 aromatic heterocycles. The highest BCUT2D eigenvalue weighted by molar-refractivity contribution is 7.14. The molecule has 3 nitrogen and oxygen atoms in total. The summed E-state index contributed by atoms with van der Waals surface area (Å²) in [5.74, 6) is -1.93. The Morgan fingerprint density at radius 1 is 1.00 bits per heavy atom. The topological polar surface area (TPSA) is 37.3 Å². The monoisotopic (exact) mass is 383 g/mol. The van der Waals surface area contributed by atoms with Gasteiger partial charge in [0.25, 0.3) is 0 Å². The van der Waals surface area contributed by atoms with Crippen molar-refractivity contribution in [2.45, 2.75) is 6.18 Å². The molecule has 0 atom stereocenters. The number of hydrogen-bond donors (Lipinski definition) is 1. The van der Waals surface area contributed by atoms with E-state index in [-0.39, 0.29) is 0 Å². The number of halogens is 5. The first-order valence-corrected chi connectivity index (χ1v) is 8.08. The molecule has 134 valence electrons. The van der Waals surface area contributed by atoms with Gasteiger partial charge in [-0.15, -0.1) is 11.3 Å². The Morgan fingerprint density at radius 3 is 2.38 bits per heavy atom. The van der Waals surface area contributed by atoms with Crippen LogP contribution in [-0.2, 0) is 6.18 Å². The smallest absolute Gasteiger partial charge is 0.253 e. The molecule has 0 radical (unpaired) electrons. The molecule has 0 saturated carbocycles. The second-order valence-corrected chi connectivity index (χ2v) is 6.01. The maximum absolute atomic E-state index is 13.1. The highest BCUT2D eigenvalue weighted by atomic mass is 32.1. The standard InChI is InChI=1S/C17H10F5N3S/c18-13-6-1-10(7-14(13)19)8-23-25-16-24-15(9-26-16)11-2-4-12(5-3-11)17(20,21)22/h1-9H,(H,24,25). The lowest BCUT2D eigenvalue weighted by molar-refractivity contribution is -0.137. The molecule has 9 heteroatoms. The van der Waals surface area contributed by atoms with Crippen LogP contribution in [0, 0.1) is 11.6 Å². The number of alkyl halides is 3. The Bertz CT molecular complexity index is 932. The second kappa shape index (κ2) is 7.20. The first-order valence-electron chi connectivity index (χ1n) is 7.20. The largest absolute Gasteiger partial charge is 0.416 e. The number of nitrogens with zero attached hydrogens (tertiary/aromatic N) is 2. The van der Waals surface area contributed by atoms with Crippen molar-refractivity contribution in [1.82, 2.24) is 4.98 Å². The fraction of sp³-hybridized carbons (Fsp3) is 0.0588. The van der Waals surface area contributed by atoms with Crippen molar-refractivity contribution >= 4 is 22.7 Å². The van der Waals surface area contributed by atoms with Crippen LogP contribution in [-0.4, -0.2) is 11.2 Å². The fourth-order valence-corrected chi connectivity index (χ4v) is 2.71. The van der Waals surface area contributed by atoms with Gasteiger partial charge in [-0.3, -0.25) is 5.43 Å². The quantitative estimate of drug-likeness (QED) is 0.364. The molecule has 2 aromatic carbocycles. The van der Waals surface area contributed by atoms with E-state index < -0.39 is 23.4 Å². The number of nitrogens with one attached hydrogen (secondary N) is 1. The molecule has 0 aliphatic rings. The van der Waals surface area contributed by atoms with E-state index in [1.807, 2.05) is 0 Å². The molecule has 0 spiro atoms. The molecule has 0 fully saturated rings. The van der Waals surface area contributed by atoms with E-state index in [0.29, 0.717) is 22.0 Å². The van der Waals surface area contributed by atoms with Gasteiger partial charge < -0.3 is 0 Å². The summed E-state index contributed by atoms with van der Waals surface area (Å²) in [6, 6.07) is 8.00. The number of anilines is 1. The van der Waals surface area contributed by atoms with Crippen LogP contribution >= 0.6 is 11.3 Å². The Morgan fingerprint density at radius 2 is 1.73 bits per heavy atom. The lowest BCUT2D eigenvalue weighted by atomic mass is 10.1. The number of aromatic nitrogens is 1. The SMILES string of the molecule is Fc1ccc(C=NNc2nc(-c3ccc(C(F)(F)F)cc3)cs2)cc1F. The van der Waals surface area contributed by atoms with E-state index in [4.69, 9.17) is 0 Å². The average Bonchev–Trinajstić information content (AvgIpc) is 3.06. The Hall–Kier alpha value is -2.81. The third kappa shape index (κ3) is 4.23. The Labute approximate surface area is 148 Å². The first kappa shape index (κ1) is 18.0. The van der Waals surface area contributed by atoms with E-state index in [1.54, 1.807) is 5.38 Å². The molecular formula is C17H10F5N3S. The average molecular weight is 383 g/mol. The zero-order chi connectivity index (χ0) is 18.7. The molecule has 26 heavy (non-hydrogen) atoms. The van der Waals surface area contributed by atoms with Gasteiger partial charge in [0.1, 0.15) is 0 Å². The van der Waals surface area contributed by atoms with Crippen LogP contribution < -0.4 is 5.43 Å². The highest BCUT2D eigenvalue weighted by Gasteiger charge is 2.30. The summed E-state index contributed by atoms with van der Waals surface area (Å²) in [5.41, 5.74) is 3.29. The highest BCUT2D eigenvalue weighted by Crippen LogP contribution is 2.31. The summed E-state index contributed by atoms with van der Waals surface area (Å²) < 4.78 is 63.6. The Balaban J connectivity index is 1.68. The van der Waals surface area contributed by atoms with Crippen LogP contribution in [0.25, 0.3) is 11.3 Å². The Kier molecular flexibility index (Phi) is 4.99. The minimum absolute atomic E-state index is 0.357. The molecule has 0 aliphatic heterocycles. The number of benzene rings is 2. The van der Waals surface area contributed by atoms with Gasteiger partial charge in [0.2, 0.25) is 5.13 Å². The van der Waals surface area contributed by atoms with Gasteiger partial charge in [-0.2, -0.15) is 18.3 Å². The zero-order valence-corrected chi connectivity index (χ0v) is 13.7. The van der Waals surface area contributed by atoms with Crippen molar-refractivity contribution < 1.29 is 22.0 Å². The van der Waals surface area contributed by atoms with Crippen molar-refractivity contribution in [2.75, 3.05) is 5.43 Å². The van der Waals surface area contributed by atoms with Crippen molar-refractivity contribution in [3.63, 3.8) is 0 Å². The molecule has 0 saturated heterocycles. The number of thiazole rings is 1. The van der Waals surface area contributed by atoms with Crippen LogP contribution in [0.15, 0.2) is 52.9 Å². The molecule has 3 aromatic rings. The number of hydrazone groups is 1. The second-order valence-electron chi connectivity index (χ2n) is 5.16. The van der Waals surface area contributed by atoms with E-state index in [9.17, 15) is 22.0 Å². The molecule has 0 amide bonds. The van der Waals surface area contributed by atoms with Gasteiger partial charge in [0, 0.05) is 10.9 Å². The third-order valence-corrected chi connectivity index (χ3v) is 4.08. The summed E-state index contributed by atoms with van der Waals surface area (Å²) in [5, 5.41) is 5.94. The molecule has 0 bridgehead atoms. The van der Waals surface area contributed by atoms with Crippen LogP contribution in [0.3, 0.4) is 0 Å². The maximum atomic E-state index is 13.1. The summed E-state index contributed by atoms with van der Waals surface area (Å²) in [6.45, 7) is 0. The number of hydrogen-bond acceptors (Lipinski definition) is 4. The molecule has 0 aliphatic carbocycles. The van der Waals surface area contributed by atoms with Crippen molar-refractivity contribution in [1.29, 1.82) is 0 Å². The van der Waals surface area contributed by atoms with Gasteiger partial charge in [-0.25, -0.2) is 13.8 Å². The third-order valence-electron chi connectivity index (χ3n) is 3.33. The zero-order valence-electron chi connectivity index (χ0n) is 12.9. The van der Waals surface area contributed by atoms with Gasteiger partial charge in [-0.05, 0) is 29.8 Å². The van der Waals surface area contributed by atoms with Crippen LogP contribution in [0.4, 0.5) is 27.1 Å². The predicted molar refractivity (Wildman–Crippen MR) is 90.1 cm³/mol. The fourth-order valence-electron chi connectivity index (χ4n) is 2.04. The maximum Gasteiger partial charge on any atom is 0.416 e. The molecule has 0 unspecified atom stereocenters. The van der Waals surface area contributed by atoms with Crippen LogP contribution in [0.5, 0.6) is 0 Å². The van der Waals surface area contributed by atoms with Gasteiger partial charge in [-0.1, -0.05) is 18.2 Å². The number of rotatable bonds is 4. The summed E-state index contributed by atoms with van der Waals surface area (Å²) in [6.07, 6.45) is -3.09. The van der Waals surface area contributed by atoms with Crippen molar-refractivity contribution in [2.24, 2.45) is 5.10 Å². The van der Waals surface area contributed by atoms with Gasteiger partial charge >= 0.3 is 6.18 Å². The molecule has 3 rings (SSSR count). The van der Waals surface area contributed by atoms with Crippen LogP contribution in [0.1, 0.15) is 11.1 Å². The van der Waals surface area contributed by atoms with Crippen molar-refractivity contribution in [3.05, 3.63) is 70.6 Å². The molecule has 1 heterocycles. The van der Waals surface area contributed by atoms with E-state index in [0.717, 1.165) is 24.3 Å². The summed E-state index contributed by atoms with van der Waals surface area (Å²) in [7, 11) is 0. The summed E-state index contributed by atoms with van der Waals surface area (Å²) >= 11 is 1.20. The van der Waals surface area contributed by atoms with E-state index >= 15 is 0 Å². The van der Waals surface area contributed by atoms with Gasteiger partial charge in [0.05, 0.1) is 17.5 Å². The first-order chi connectivity index (χ1) is 12.3. The lowest BCUT2D eigenvalue weighted by Crippen LogP contribution is -2.03. The van der Waals surface area contributed by atoms with E-state index in [1.165, 1.54) is 35.8 Å². The molecule has 1 N–H and O–H groups in total. The van der Waals surface area contributed by atoms with E-state index in [2.05, 4.69) is 15.5 Å². The lowest BCUT2D eigenvalue weighted by Gasteiger charge is -2.06. The predicted octanol–water partition coefficient (Wildman–Crippen LogP) is 5.55. The molecular weight excluding hydrogens is 373 g/mol. The summed E-state index contributed by atoms with van der Waals surface area (Å²) in [4.78, 5) is 4.21. The van der Waals surface area contributed by atoms with Crippen molar-refractivity contribution in [3.8, 4) is 11.3 Å².